The van der Waals surface area contributed by atoms with Crippen LogP contribution in [0, 0.1) is 5.41 Å². The van der Waals surface area contributed by atoms with E-state index in [9.17, 15) is 23.4 Å². The fraction of sp³-hybridized carbons (Fsp3) is 0.486. The van der Waals surface area contributed by atoms with Gasteiger partial charge in [0.05, 0.1) is 25.1 Å². The average Bonchev–Trinajstić information content (AvgIpc) is 3.63. The van der Waals surface area contributed by atoms with Gasteiger partial charge < -0.3 is 14.9 Å². The van der Waals surface area contributed by atoms with E-state index in [2.05, 4.69) is 19.9 Å². The Hall–Kier alpha value is -2.82. The maximum Gasteiger partial charge on any atom is 0.211 e. The maximum absolute atomic E-state index is 14.2. The predicted molar refractivity (Wildman–Crippen MR) is 184 cm³/mol. The molecule has 3 aromatic rings. The van der Waals surface area contributed by atoms with E-state index in [-0.39, 0.29) is 18.2 Å². The number of nitrogens with zero attached hydrogens (tertiary/aromatic N) is 1. The van der Waals surface area contributed by atoms with Crippen LogP contribution >= 0.6 is 11.3 Å². The van der Waals surface area contributed by atoms with Crippen molar-refractivity contribution in [2.45, 2.75) is 82.8 Å². The summed E-state index contributed by atoms with van der Waals surface area (Å²) in [5.74, 6) is 0.349. The van der Waals surface area contributed by atoms with Crippen molar-refractivity contribution in [3.8, 4) is 5.75 Å². The van der Waals surface area contributed by atoms with E-state index in [1.165, 1.54) is 16.1 Å². The third kappa shape index (κ3) is 7.50. The molecule has 0 amide bonds. The lowest BCUT2D eigenvalue weighted by atomic mass is 9.64. The SMILES string of the molecule is COc1ccc(C(=O)c2cc3ccc2C2CCC(O)(CN(CCc4cccs4)S(C)(=O)=O)C2(C)CCC=C(C)CCC(O)C3)cc1. The second-order valence-electron chi connectivity index (χ2n) is 13.4. The molecule has 1 fully saturated rings. The molecule has 0 spiro atoms. The zero-order chi connectivity index (χ0) is 33.1. The van der Waals surface area contributed by atoms with Crippen LogP contribution < -0.4 is 4.74 Å². The molecule has 6 rings (SSSR count). The number of allylic oxidation sites excluding steroid dienone is 2. The predicted octanol–water partition coefficient (Wildman–Crippen LogP) is 6.53. The van der Waals surface area contributed by atoms with Crippen molar-refractivity contribution in [3.63, 3.8) is 0 Å². The lowest BCUT2D eigenvalue weighted by Gasteiger charge is -2.45. The molecule has 4 unspecified atom stereocenters. The number of aliphatic hydroxyl groups is 2. The van der Waals surface area contributed by atoms with E-state index < -0.39 is 27.1 Å². The molecule has 1 aromatic heterocycles. The van der Waals surface area contributed by atoms with Gasteiger partial charge in [-0.25, -0.2) is 8.42 Å². The lowest BCUT2D eigenvalue weighted by molar-refractivity contribution is -0.0722. The third-order valence-corrected chi connectivity index (χ3v) is 12.5. The van der Waals surface area contributed by atoms with Gasteiger partial charge in [0, 0.05) is 34.5 Å². The second kappa shape index (κ2) is 14.1. The summed E-state index contributed by atoms with van der Waals surface area (Å²) in [6.07, 6.45) is 7.62. The number of methoxy groups -OCH3 is 1. The van der Waals surface area contributed by atoms with Gasteiger partial charge in [0.2, 0.25) is 10.0 Å². The summed E-state index contributed by atoms with van der Waals surface area (Å²) >= 11 is 1.60. The minimum atomic E-state index is -3.61. The Morgan fingerprint density at radius 2 is 1.87 bits per heavy atom. The molecule has 2 N–H and O–H groups in total. The summed E-state index contributed by atoms with van der Waals surface area (Å²) in [4.78, 5) is 15.3. The van der Waals surface area contributed by atoms with Crippen molar-refractivity contribution >= 4 is 27.1 Å². The number of aliphatic hydroxyl groups excluding tert-OH is 1. The molecule has 7 nitrogen and oxygen atoms in total. The van der Waals surface area contributed by atoms with E-state index in [0.29, 0.717) is 68.4 Å². The molecule has 0 saturated heterocycles. The summed E-state index contributed by atoms with van der Waals surface area (Å²) in [5, 5.41) is 25.5. The molecule has 0 radical (unpaired) electrons. The van der Waals surface area contributed by atoms with Gasteiger partial charge in [-0.15, -0.1) is 11.3 Å². The minimum Gasteiger partial charge on any atom is -0.497 e. The molecule has 1 saturated carbocycles. The summed E-state index contributed by atoms with van der Waals surface area (Å²) in [5.41, 5.74) is 2.00. The van der Waals surface area contributed by atoms with Gasteiger partial charge in [-0.1, -0.05) is 36.8 Å². The Morgan fingerprint density at radius 3 is 2.54 bits per heavy atom. The van der Waals surface area contributed by atoms with E-state index in [1.54, 1.807) is 42.7 Å². The second-order valence-corrected chi connectivity index (χ2v) is 16.4. The molecule has 2 bridgehead atoms. The first kappa shape index (κ1) is 34.5. The number of benzene rings is 2. The van der Waals surface area contributed by atoms with Gasteiger partial charge in [0.15, 0.2) is 5.78 Å². The highest BCUT2D eigenvalue weighted by Gasteiger charge is 2.57. The van der Waals surface area contributed by atoms with Crippen molar-refractivity contribution in [2.75, 3.05) is 26.5 Å². The smallest absolute Gasteiger partial charge is 0.211 e. The first-order valence-corrected chi connectivity index (χ1v) is 18.9. The highest BCUT2D eigenvalue weighted by molar-refractivity contribution is 7.88. The largest absolute Gasteiger partial charge is 0.497 e. The quantitative estimate of drug-likeness (QED) is 0.199. The van der Waals surface area contributed by atoms with Gasteiger partial charge >= 0.3 is 0 Å². The summed E-state index contributed by atoms with van der Waals surface area (Å²) in [6.45, 7) is 4.45. The van der Waals surface area contributed by atoms with Crippen molar-refractivity contribution < 1.29 is 28.2 Å². The fourth-order valence-corrected chi connectivity index (χ4v) is 9.01. The van der Waals surface area contributed by atoms with Gasteiger partial charge in [0.25, 0.3) is 0 Å². The van der Waals surface area contributed by atoms with Crippen LogP contribution in [0.4, 0.5) is 0 Å². The topological polar surface area (TPSA) is 104 Å². The monoisotopic (exact) mass is 665 g/mol. The van der Waals surface area contributed by atoms with E-state index >= 15 is 0 Å². The average molecular weight is 666 g/mol. The van der Waals surface area contributed by atoms with Gasteiger partial charge in [-0.05, 0) is 117 Å². The number of carbonyl (C=O) groups is 1. The standard InChI is InChI=1S/C37H47NO6S2/c1-26-7-5-19-36(2)34(17-20-37(36,41)25-38(46(4,42)43)21-18-31-8-6-22-45-31)32-16-10-27(23-29(39)13-9-26)24-33(32)35(40)28-11-14-30(44-3)15-12-28/h6-8,10-12,14-16,22,24,29,34,39,41H,5,9,13,17-21,23,25H2,1-4H3. The molecule has 9 heteroatoms. The Balaban J connectivity index is 1.58. The molecular weight excluding hydrogens is 619 g/mol. The number of sulfonamides is 1. The summed E-state index contributed by atoms with van der Waals surface area (Å²) in [6, 6.07) is 17.0. The van der Waals surface area contributed by atoms with Crippen molar-refractivity contribution in [1.82, 2.24) is 4.31 Å². The number of carbonyl (C=O) groups excluding carboxylic acids is 1. The van der Waals surface area contributed by atoms with Gasteiger partial charge in [-0.3, -0.25) is 4.79 Å². The molecule has 0 aliphatic heterocycles. The fourth-order valence-electron chi connectivity index (χ4n) is 7.44. The van der Waals surface area contributed by atoms with Crippen LogP contribution in [0.25, 0.3) is 0 Å². The van der Waals surface area contributed by atoms with Crippen LogP contribution in [-0.2, 0) is 22.9 Å². The van der Waals surface area contributed by atoms with E-state index in [1.807, 2.05) is 35.7 Å². The zero-order valence-electron chi connectivity index (χ0n) is 27.4. The highest BCUT2D eigenvalue weighted by Crippen LogP contribution is 2.59. The first-order valence-electron chi connectivity index (χ1n) is 16.2. The normalized spacial score (nSPS) is 25.6. The van der Waals surface area contributed by atoms with Crippen molar-refractivity contribution in [3.05, 3.63) is 98.8 Å². The highest BCUT2D eigenvalue weighted by atomic mass is 32.2. The Labute approximate surface area is 278 Å². The molecule has 3 aliphatic carbocycles. The third-order valence-electron chi connectivity index (χ3n) is 10.4. The molecule has 248 valence electrons. The number of ether oxygens (including phenoxy) is 1. The van der Waals surface area contributed by atoms with Crippen molar-refractivity contribution in [2.24, 2.45) is 5.41 Å². The van der Waals surface area contributed by atoms with Crippen LogP contribution in [0.2, 0.25) is 0 Å². The summed E-state index contributed by atoms with van der Waals surface area (Å²) in [7, 11) is -2.02. The molecule has 46 heavy (non-hydrogen) atoms. The Bertz CT molecular complexity index is 1650. The van der Waals surface area contributed by atoms with Crippen LogP contribution in [-0.4, -0.2) is 66.9 Å². The van der Waals surface area contributed by atoms with Gasteiger partial charge in [0.1, 0.15) is 5.75 Å². The van der Waals surface area contributed by atoms with Crippen LogP contribution in [0.1, 0.15) is 90.2 Å². The molecular formula is C37H47NO6S2. The molecule has 4 atom stereocenters. The number of rotatable bonds is 9. The van der Waals surface area contributed by atoms with Crippen molar-refractivity contribution in [1.29, 1.82) is 0 Å². The van der Waals surface area contributed by atoms with Crippen LogP contribution in [0.15, 0.2) is 71.6 Å². The zero-order valence-corrected chi connectivity index (χ0v) is 29.0. The number of fused-ring (bicyclic) bond motifs is 8. The summed E-state index contributed by atoms with van der Waals surface area (Å²) < 4.78 is 33.0. The lowest BCUT2D eigenvalue weighted by Crippen LogP contribution is -2.54. The molecule has 2 aromatic carbocycles. The number of hydrogen-bond acceptors (Lipinski definition) is 7. The van der Waals surface area contributed by atoms with E-state index in [4.69, 9.17) is 4.74 Å². The molecule has 3 aliphatic rings. The number of hydrogen-bond donors (Lipinski definition) is 2. The van der Waals surface area contributed by atoms with Crippen LogP contribution in [0.3, 0.4) is 0 Å². The van der Waals surface area contributed by atoms with E-state index in [0.717, 1.165) is 22.4 Å². The molecule has 1 heterocycles. The number of thiophene rings is 1. The van der Waals surface area contributed by atoms with Crippen LogP contribution in [0.5, 0.6) is 5.75 Å². The number of ketones is 1. The Morgan fingerprint density at radius 1 is 1.11 bits per heavy atom. The maximum atomic E-state index is 14.2. The van der Waals surface area contributed by atoms with Gasteiger partial charge in [-0.2, -0.15) is 4.31 Å². The first-order chi connectivity index (χ1) is 21.8. The minimum absolute atomic E-state index is 0.00105. The Kier molecular flexibility index (Phi) is 10.6.